The van der Waals surface area contributed by atoms with Gasteiger partial charge < -0.3 is 20.4 Å². The third kappa shape index (κ3) is 9.38. The molecule has 1 aromatic carbocycles. The Bertz CT molecular complexity index is 646. The number of nitrogens with one attached hydrogen (secondary N) is 2. The molecular weight excluding hydrogens is 506 g/mol. The maximum Gasteiger partial charge on any atom is 0.416 e. The van der Waals surface area contributed by atoms with Gasteiger partial charge in [0, 0.05) is 45.8 Å². The van der Waals surface area contributed by atoms with Crippen LogP contribution in [0.25, 0.3) is 0 Å². The normalized spacial score (nSPS) is 17.3. The number of nitrogens with zero attached hydrogens (tertiary/aromatic N) is 3. The van der Waals surface area contributed by atoms with E-state index in [2.05, 4.69) is 39.3 Å². The summed E-state index contributed by atoms with van der Waals surface area (Å²) in [6.45, 7) is 14.6. The van der Waals surface area contributed by atoms with Gasteiger partial charge in [0.1, 0.15) is 0 Å². The first kappa shape index (κ1) is 27.0. The molecule has 1 aromatic rings. The Morgan fingerprint density at radius 2 is 1.77 bits per heavy atom. The zero-order chi connectivity index (χ0) is 21.3. The van der Waals surface area contributed by atoms with Crippen LogP contribution in [0, 0.1) is 5.92 Å². The standard InChI is InChI=1S/C21H34F3N5.HI/c1-4-25-20(27-15-18-7-6-8-19(13-18)21(22,23)24)26-14-17(3)16-29-11-9-28(5-2)10-12-29;/h6-8,13,17H,4-5,9-12,14-16H2,1-3H3,(H2,25,26,27);1H. The molecule has 172 valence electrons. The van der Waals surface area contributed by atoms with Crippen molar-refractivity contribution in [1.29, 1.82) is 0 Å². The Kier molecular flexibility index (Phi) is 12.0. The molecule has 30 heavy (non-hydrogen) atoms. The number of halogens is 4. The minimum Gasteiger partial charge on any atom is -0.357 e. The molecule has 2 N–H and O–H groups in total. The molecule has 0 bridgehead atoms. The summed E-state index contributed by atoms with van der Waals surface area (Å²) in [7, 11) is 0. The highest BCUT2D eigenvalue weighted by Crippen LogP contribution is 2.29. The highest BCUT2D eigenvalue weighted by Gasteiger charge is 2.30. The number of benzene rings is 1. The molecule has 1 aliphatic heterocycles. The minimum atomic E-state index is -4.33. The van der Waals surface area contributed by atoms with Gasteiger partial charge in [0.05, 0.1) is 12.1 Å². The molecule has 1 saturated heterocycles. The van der Waals surface area contributed by atoms with Crippen LogP contribution < -0.4 is 10.6 Å². The third-order valence-corrected chi connectivity index (χ3v) is 5.12. The van der Waals surface area contributed by atoms with E-state index in [1.807, 2.05) is 6.92 Å². The maximum absolute atomic E-state index is 12.9. The van der Waals surface area contributed by atoms with Gasteiger partial charge in [0.2, 0.25) is 0 Å². The number of piperazine rings is 1. The lowest BCUT2D eigenvalue weighted by Crippen LogP contribution is -2.48. The summed E-state index contributed by atoms with van der Waals surface area (Å²) in [5, 5.41) is 6.49. The van der Waals surface area contributed by atoms with Gasteiger partial charge in [-0.05, 0) is 37.1 Å². The molecule has 0 saturated carbocycles. The van der Waals surface area contributed by atoms with E-state index in [0.29, 0.717) is 24.0 Å². The zero-order valence-corrected chi connectivity index (χ0v) is 20.5. The molecule has 9 heteroatoms. The fourth-order valence-electron chi connectivity index (χ4n) is 3.42. The number of likely N-dealkylation sites (N-methyl/N-ethyl adjacent to an activating group) is 1. The first-order valence-electron chi connectivity index (χ1n) is 10.4. The number of alkyl halides is 3. The van der Waals surface area contributed by atoms with Crippen molar-refractivity contribution in [3.8, 4) is 0 Å². The molecule has 0 radical (unpaired) electrons. The van der Waals surface area contributed by atoms with E-state index < -0.39 is 11.7 Å². The number of aliphatic imine (C=N–C) groups is 1. The second kappa shape index (κ2) is 13.4. The third-order valence-electron chi connectivity index (χ3n) is 5.12. The van der Waals surface area contributed by atoms with E-state index in [1.165, 1.54) is 6.07 Å². The predicted molar refractivity (Wildman–Crippen MR) is 127 cm³/mol. The quantitative estimate of drug-likeness (QED) is 0.300. The smallest absolute Gasteiger partial charge is 0.357 e. The Hall–Kier alpha value is -1.07. The van der Waals surface area contributed by atoms with E-state index in [1.54, 1.807) is 6.07 Å². The molecule has 1 unspecified atom stereocenters. The number of hydrogen-bond acceptors (Lipinski definition) is 3. The molecule has 1 aliphatic rings. The lowest BCUT2D eigenvalue weighted by Gasteiger charge is -2.35. The first-order valence-corrected chi connectivity index (χ1v) is 10.4. The summed E-state index contributed by atoms with van der Waals surface area (Å²) >= 11 is 0. The van der Waals surface area contributed by atoms with E-state index in [4.69, 9.17) is 0 Å². The monoisotopic (exact) mass is 541 g/mol. The second-order valence-corrected chi connectivity index (χ2v) is 7.61. The largest absolute Gasteiger partial charge is 0.416 e. The minimum absolute atomic E-state index is 0. The van der Waals surface area contributed by atoms with Crippen LogP contribution in [0.5, 0.6) is 0 Å². The fourth-order valence-corrected chi connectivity index (χ4v) is 3.42. The van der Waals surface area contributed by atoms with Crippen LogP contribution in [0.1, 0.15) is 31.9 Å². The Morgan fingerprint density at radius 1 is 1.10 bits per heavy atom. The number of guanidine groups is 1. The van der Waals surface area contributed by atoms with Gasteiger partial charge in [-0.15, -0.1) is 24.0 Å². The number of hydrogen-bond donors (Lipinski definition) is 2. The first-order chi connectivity index (χ1) is 13.8. The molecule has 2 rings (SSSR count). The van der Waals surface area contributed by atoms with Gasteiger partial charge in [-0.1, -0.05) is 26.0 Å². The lowest BCUT2D eigenvalue weighted by atomic mass is 10.1. The van der Waals surface area contributed by atoms with Gasteiger partial charge in [-0.25, -0.2) is 4.99 Å². The molecule has 0 aromatic heterocycles. The molecular formula is C21H35F3IN5. The van der Waals surface area contributed by atoms with Crippen molar-refractivity contribution in [2.24, 2.45) is 10.9 Å². The van der Waals surface area contributed by atoms with E-state index in [9.17, 15) is 13.2 Å². The molecule has 5 nitrogen and oxygen atoms in total. The van der Waals surface area contributed by atoms with Crippen molar-refractivity contribution in [3.05, 3.63) is 35.4 Å². The summed E-state index contributed by atoms with van der Waals surface area (Å²) in [6.07, 6.45) is -4.33. The fraction of sp³-hybridized carbons (Fsp3) is 0.667. The molecule has 1 fully saturated rings. The molecule has 0 amide bonds. The van der Waals surface area contributed by atoms with Gasteiger partial charge in [-0.2, -0.15) is 13.2 Å². The highest BCUT2D eigenvalue weighted by molar-refractivity contribution is 14.0. The molecule has 1 heterocycles. The van der Waals surface area contributed by atoms with Crippen molar-refractivity contribution in [3.63, 3.8) is 0 Å². The Labute approximate surface area is 195 Å². The lowest BCUT2D eigenvalue weighted by molar-refractivity contribution is -0.137. The van der Waals surface area contributed by atoms with Crippen molar-refractivity contribution < 1.29 is 13.2 Å². The topological polar surface area (TPSA) is 42.9 Å². The van der Waals surface area contributed by atoms with Gasteiger partial charge in [0.15, 0.2) is 5.96 Å². The van der Waals surface area contributed by atoms with Crippen molar-refractivity contribution >= 4 is 29.9 Å². The molecule has 0 aliphatic carbocycles. The Morgan fingerprint density at radius 3 is 2.37 bits per heavy atom. The van der Waals surface area contributed by atoms with E-state index in [-0.39, 0.29) is 30.5 Å². The highest BCUT2D eigenvalue weighted by atomic mass is 127. The summed E-state index contributed by atoms with van der Waals surface area (Å²) in [5.74, 6) is 1.08. The van der Waals surface area contributed by atoms with Crippen molar-refractivity contribution in [1.82, 2.24) is 20.4 Å². The van der Waals surface area contributed by atoms with Gasteiger partial charge >= 0.3 is 6.18 Å². The van der Waals surface area contributed by atoms with E-state index in [0.717, 1.165) is 57.9 Å². The second-order valence-electron chi connectivity index (χ2n) is 7.61. The van der Waals surface area contributed by atoms with Crippen molar-refractivity contribution in [2.75, 3.05) is 52.4 Å². The zero-order valence-electron chi connectivity index (χ0n) is 18.1. The van der Waals surface area contributed by atoms with Crippen LogP contribution in [0.3, 0.4) is 0 Å². The Balaban J connectivity index is 0.00000450. The predicted octanol–water partition coefficient (Wildman–Crippen LogP) is 3.65. The van der Waals surface area contributed by atoms with Crippen LogP contribution in [0.15, 0.2) is 29.3 Å². The van der Waals surface area contributed by atoms with Crippen molar-refractivity contribution in [2.45, 2.75) is 33.5 Å². The van der Waals surface area contributed by atoms with Crippen LogP contribution in [-0.2, 0) is 12.7 Å². The van der Waals surface area contributed by atoms with Crippen LogP contribution >= 0.6 is 24.0 Å². The molecule has 1 atom stereocenters. The average Bonchev–Trinajstić information content (AvgIpc) is 2.70. The van der Waals surface area contributed by atoms with Crippen LogP contribution in [0.4, 0.5) is 13.2 Å². The average molecular weight is 541 g/mol. The SMILES string of the molecule is CCNC(=NCc1cccc(C(F)(F)F)c1)NCC(C)CN1CCN(CC)CC1.I. The summed E-state index contributed by atoms with van der Waals surface area (Å²) in [6, 6.07) is 5.33. The van der Waals surface area contributed by atoms with Gasteiger partial charge in [0.25, 0.3) is 0 Å². The summed E-state index contributed by atoms with van der Waals surface area (Å²) < 4.78 is 38.6. The van der Waals surface area contributed by atoms with E-state index >= 15 is 0 Å². The maximum atomic E-state index is 12.9. The summed E-state index contributed by atoms with van der Waals surface area (Å²) in [5.41, 5.74) is -0.0983. The summed E-state index contributed by atoms with van der Waals surface area (Å²) in [4.78, 5) is 9.41. The number of rotatable bonds is 8. The van der Waals surface area contributed by atoms with Gasteiger partial charge in [-0.3, -0.25) is 0 Å². The van der Waals surface area contributed by atoms with Crippen LogP contribution in [0.2, 0.25) is 0 Å². The van der Waals surface area contributed by atoms with Crippen LogP contribution in [-0.4, -0.2) is 68.1 Å². The molecule has 0 spiro atoms.